The van der Waals surface area contributed by atoms with Gasteiger partial charge in [-0.3, -0.25) is 9.59 Å². The first-order chi connectivity index (χ1) is 15.1. The number of aromatic nitrogens is 2. The fraction of sp³-hybridized carbons (Fsp3) is 0.240. The third-order valence-electron chi connectivity index (χ3n) is 5.22. The lowest BCUT2D eigenvalue weighted by Gasteiger charge is -2.22. The molecule has 1 amide bonds. The van der Waals surface area contributed by atoms with Crippen molar-refractivity contribution in [3.05, 3.63) is 82.9 Å². The van der Waals surface area contributed by atoms with E-state index in [1.165, 1.54) is 22.5 Å². The molecule has 4 aromatic rings. The van der Waals surface area contributed by atoms with Gasteiger partial charge in [0.15, 0.2) is 0 Å². The number of carbonyl (C=O) groups excluding carboxylic acids is 1. The summed E-state index contributed by atoms with van der Waals surface area (Å²) in [5.74, 6) is 0.908. The molecule has 0 aliphatic carbocycles. The third kappa shape index (κ3) is 5.14. The molecule has 1 heterocycles. The Balaban J connectivity index is 1.48. The molecule has 0 saturated heterocycles. The topological polar surface area (TPSA) is 66.1 Å². The second kappa shape index (κ2) is 9.79. The number of amides is 1. The van der Waals surface area contributed by atoms with Gasteiger partial charge in [0.05, 0.1) is 23.2 Å². The van der Waals surface area contributed by atoms with Gasteiger partial charge in [-0.1, -0.05) is 55.8 Å². The summed E-state index contributed by atoms with van der Waals surface area (Å²) in [5, 5.41) is 2.92. The van der Waals surface area contributed by atoms with Crippen molar-refractivity contribution >= 4 is 39.3 Å². The van der Waals surface area contributed by atoms with Crippen LogP contribution in [0.1, 0.15) is 25.6 Å². The maximum absolute atomic E-state index is 13.0. The van der Waals surface area contributed by atoms with Gasteiger partial charge in [0.2, 0.25) is 5.91 Å². The Morgan fingerprint density at radius 3 is 2.65 bits per heavy atom. The van der Waals surface area contributed by atoms with E-state index >= 15 is 0 Å². The van der Waals surface area contributed by atoms with Crippen LogP contribution in [0.2, 0.25) is 0 Å². The third-order valence-corrected chi connectivity index (χ3v) is 6.20. The molecule has 0 radical (unpaired) electrons. The zero-order valence-electron chi connectivity index (χ0n) is 17.5. The van der Waals surface area contributed by atoms with E-state index in [-0.39, 0.29) is 11.5 Å². The average Bonchev–Trinajstić information content (AvgIpc) is 2.80. The van der Waals surface area contributed by atoms with Crippen molar-refractivity contribution in [1.29, 1.82) is 0 Å². The van der Waals surface area contributed by atoms with E-state index in [4.69, 9.17) is 0 Å². The number of nitrogens with one attached hydrogen (secondary N) is 1. The number of nitrogens with zero attached hydrogens (tertiary/aromatic N) is 2. The molecule has 1 N–H and O–H groups in total. The van der Waals surface area contributed by atoms with Gasteiger partial charge in [-0.2, -0.15) is 0 Å². The van der Waals surface area contributed by atoms with Gasteiger partial charge in [0, 0.05) is 11.4 Å². The molecule has 3 aromatic carbocycles. The number of carbonyl (C=O) groups is 1. The Morgan fingerprint density at radius 2 is 1.81 bits per heavy atom. The van der Waals surface area contributed by atoms with Crippen LogP contribution in [-0.2, 0) is 11.3 Å². The van der Waals surface area contributed by atoms with E-state index < -0.39 is 0 Å². The summed E-state index contributed by atoms with van der Waals surface area (Å²) in [6.45, 7) is 3.05. The number of benzene rings is 3. The molecule has 0 aliphatic heterocycles. The Morgan fingerprint density at radius 1 is 1.03 bits per heavy atom. The van der Waals surface area contributed by atoms with Crippen LogP contribution in [0.15, 0.2) is 76.4 Å². The SMILES string of the molecule is CCCCN(Cc1nc2ccccc2c(=O)[nH]1)C(=O)CSc1ccc2ccccc2c1. The van der Waals surface area contributed by atoms with E-state index in [0.29, 0.717) is 35.6 Å². The standard InChI is InChI=1S/C25H25N3O2S/c1-2-3-14-28(16-23-26-22-11-7-6-10-21(22)25(30)27-23)24(29)17-31-20-13-12-18-8-4-5-9-19(18)15-20/h4-13,15H,2-3,14,16-17H2,1H3,(H,26,27,30). The molecular formula is C25H25N3O2S. The second-order valence-corrected chi connectivity index (χ2v) is 8.55. The minimum absolute atomic E-state index is 0.0439. The molecule has 0 fully saturated rings. The van der Waals surface area contributed by atoms with Gasteiger partial charge in [0.25, 0.3) is 5.56 Å². The molecule has 0 atom stereocenters. The zero-order chi connectivity index (χ0) is 21.6. The summed E-state index contributed by atoms with van der Waals surface area (Å²) >= 11 is 1.54. The number of rotatable bonds is 8. The van der Waals surface area contributed by atoms with Gasteiger partial charge >= 0.3 is 0 Å². The fourth-order valence-corrected chi connectivity index (χ4v) is 4.37. The predicted octanol–water partition coefficient (Wildman–Crippen LogP) is 5.00. The summed E-state index contributed by atoms with van der Waals surface area (Å²) in [6.07, 6.45) is 1.90. The fourth-order valence-electron chi connectivity index (χ4n) is 3.53. The first kappa shape index (κ1) is 21.1. The maximum Gasteiger partial charge on any atom is 0.258 e. The highest BCUT2D eigenvalue weighted by atomic mass is 32.2. The molecule has 4 rings (SSSR count). The maximum atomic E-state index is 13.0. The molecule has 0 aliphatic rings. The van der Waals surface area contributed by atoms with E-state index in [9.17, 15) is 9.59 Å². The van der Waals surface area contributed by atoms with E-state index in [0.717, 1.165) is 17.7 Å². The van der Waals surface area contributed by atoms with Crippen molar-refractivity contribution in [2.45, 2.75) is 31.2 Å². The van der Waals surface area contributed by atoms with Crippen molar-refractivity contribution in [1.82, 2.24) is 14.9 Å². The summed E-state index contributed by atoms with van der Waals surface area (Å²) in [4.78, 5) is 35.7. The van der Waals surface area contributed by atoms with Crippen molar-refractivity contribution in [2.75, 3.05) is 12.3 Å². The van der Waals surface area contributed by atoms with E-state index in [2.05, 4.69) is 47.2 Å². The van der Waals surface area contributed by atoms with Crippen molar-refractivity contribution in [3.63, 3.8) is 0 Å². The first-order valence-corrected chi connectivity index (χ1v) is 11.5. The monoisotopic (exact) mass is 431 g/mol. The number of hydrogen-bond donors (Lipinski definition) is 1. The number of hydrogen-bond acceptors (Lipinski definition) is 4. The Kier molecular flexibility index (Phi) is 6.67. The Labute approximate surface area is 185 Å². The minimum Gasteiger partial charge on any atom is -0.335 e. The number of aromatic amines is 1. The molecular weight excluding hydrogens is 406 g/mol. The normalized spacial score (nSPS) is 11.1. The van der Waals surface area contributed by atoms with Gasteiger partial charge in [-0.15, -0.1) is 11.8 Å². The molecule has 6 heteroatoms. The van der Waals surface area contributed by atoms with E-state index in [1.807, 2.05) is 30.3 Å². The van der Waals surface area contributed by atoms with Crippen LogP contribution < -0.4 is 5.56 Å². The van der Waals surface area contributed by atoms with Crippen LogP contribution in [0, 0.1) is 0 Å². The zero-order valence-corrected chi connectivity index (χ0v) is 18.3. The summed E-state index contributed by atoms with van der Waals surface area (Å²) in [6, 6.07) is 21.7. The van der Waals surface area contributed by atoms with Crippen LogP contribution in [0.25, 0.3) is 21.7 Å². The summed E-state index contributed by atoms with van der Waals surface area (Å²) in [7, 11) is 0. The lowest BCUT2D eigenvalue weighted by Crippen LogP contribution is -2.34. The molecule has 0 spiro atoms. The molecule has 0 unspecified atom stereocenters. The van der Waals surface area contributed by atoms with Crippen LogP contribution in [0.4, 0.5) is 0 Å². The van der Waals surface area contributed by atoms with Crippen LogP contribution in [0.5, 0.6) is 0 Å². The molecule has 5 nitrogen and oxygen atoms in total. The van der Waals surface area contributed by atoms with E-state index in [1.54, 1.807) is 11.0 Å². The highest BCUT2D eigenvalue weighted by Gasteiger charge is 2.16. The van der Waals surface area contributed by atoms with Gasteiger partial charge in [-0.05, 0) is 41.5 Å². The van der Waals surface area contributed by atoms with Crippen molar-refractivity contribution in [3.8, 4) is 0 Å². The van der Waals surface area contributed by atoms with Crippen LogP contribution in [-0.4, -0.2) is 33.1 Å². The Hall–Kier alpha value is -3.12. The van der Waals surface area contributed by atoms with Crippen LogP contribution in [0.3, 0.4) is 0 Å². The Bertz CT molecular complexity index is 1270. The number of fused-ring (bicyclic) bond motifs is 2. The van der Waals surface area contributed by atoms with Gasteiger partial charge < -0.3 is 9.88 Å². The quantitative estimate of drug-likeness (QED) is 0.399. The predicted molar refractivity (Wildman–Crippen MR) is 127 cm³/mol. The molecule has 0 bridgehead atoms. The van der Waals surface area contributed by atoms with Crippen LogP contribution >= 0.6 is 11.8 Å². The smallest absolute Gasteiger partial charge is 0.258 e. The van der Waals surface area contributed by atoms with Gasteiger partial charge in [-0.25, -0.2) is 4.98 Å². The summed E-state index contributed by atoms with van der Waals surface area (Å²) < 4.78 is 0. The lowest BCUT2D eigenvalue weighted by atomic mass is 10.1. The minimum atomic E-state index is -0.172. The largest absolute Gasteiger partial charge is 0.335 e. The summed E-state index contributed by atoms with van der Waals surface area (Å²) in [5.41, 5.74) is 0.476. The number of thioether (sulfide) groups is 1. The molecule has 0 saturated carbocycles. The van der Waals surface area contributed by atoms with Crippen molar-refractivity contribution in [2.24, 2.45) is 0 Å². The first-order valence-electron chi connectivity index (χ1n) is 10.5. The molecule has 158 valence electrons. The van der Waals surface area contributed by atoms with Gasteiger partial charge in [0.1, 0.15) is 5.82 Å². The number of para-hydroxylation sites is 1. The highest BCUT2D eigenvalue weighted by molar-refractivity contribution is 8.00. The molecule has 31 heavy (non-hydrogen) atoms. The number of unbranched alkanes of at least 4 members (excludes halogenated alkanes) is 1. The lowest BCUT2D eigenvalue weighted by molar-refractivity contribution is -0.129. The number of H-pyrrole nitrogens is 1. The second-order valence-electron chi connectivity index (χ2n) is 7.50. The van der Waals surface area contributed by atoms with Crippen molar-refractivity contribution < 1.29 is 4.79 Å². The average molecular weight is 432 g/mol. The highest BCUT2D eigenvalue weighted by Crippen LogP contribution is 2.24. The molecule has 1 aromatic heterocycles.